The summed E-state index contributed by atoms with van der Waals surface area (Å²) in [6.45, 7) is 1.95. The Hall–Kier alpha value is -3.22. The number of hydrogen-bond acceptors (Lipinski definition) is 4. The summed E-state index contributed by atoms with van der Waals surface area (Å²) >= 11 is 0. The summed E-state index contributed by atoms with van der Waals surface area (Å²) in [6, 6.07) is 9.78. The van der Waals surface area contributed by atoms with Crippen LogP contribution < -0.4 is 10.9 Å². The topological polar surface area (TPSA) is 88.0 Å². The molecule has 3 rings (SSSR count). The maximum Gasteiger partial charge on any atom is 0.263 e. The summed E-state index contributed by atoms with van der Waals surface area (Å²) in [5.74, 6) is 0.226. The fourth-order valence-electron chi connectivity index (χ4n) is 2.73. The molecule has 2 aromatic heterocycles. The van der Waals surface area contributed by atoms with E-state index in [1.807, 2.05) is 6.07 Å². The molecule has 0 radical (unpaired) electrons. The predicted molar refractivity (Wildman–Crippen MR) is 93.5 cm³/mol. The third-order valence-electron chi connectivity index (χ3n) is 4.05. The molecule has 6 nitrogen and oxygen atoms in total. The van der Waals surface area contributed by atoms with Crippen molar-refractivity contribution in [2.24, 2.45) is 0 Å². The van der Waals surface area contributed by atoms with Crippen LogP contribution >= 0.6 is 0 Å². The number of H-pyrrole nitrogens is 1. The average Bonchev–Trinajstić information content (AvgIpc) is 3.14. The molecule has 0 saturated carbocycles. The van der Waals surface area contributed by atoms with Crippen LogP contribution in [0.15, 0.2) is 58.1 Å². The summed E-state index contributed by atoms with van der Waals surface area (Å²) in [7, 11) is 0. The molecule has 2 heterocycles. The van der Waals surface area contributed by atoms with Crippen molar-refractivity contribution in [3.8, 4) is 0 Å². The number of aromatic nitrogens is 2. The standard InChI is InChI=1S/C19H18FN3O3/c1-12-22-11-16(19(25)23-12)18(24)21-9-8-15(17-3-2-10-26-17)13-4-6-14(20)7-5-13/h2-7,10-11,15H,8-9H2,1H3,(H,21,24)(H,22,23,25). The second kappa shape index (κ2) is 7.77. The van der Waals surface area contributed by atoms with Gasteiger partial charge in [-0.25, -0.2) is 9.37 Å². The van der Waals surface area contributed by atoms with E-state index >= 15 is 0 Å². The van der Waals surface area contributed by atoms with Crippen LogP contribution in [-0.4, -0.2) is 22.4 Å². The molecule has 134 valence electrons. The number of carbonyl (C=O) groups excluding carboxylic acids is 1. The highest BCUT2D eigenvalue weighted by Crippen LogP contribution is 2.28. The van der Waals surface area contributed by atoms with E-state index in [0.29, 0.717) is 18.8 Å². The Morgan fingerprint density at radius 2 is 2.08 bits per heavy atom. The van der Waals surface area contributed by atoms with Gasteiger partial charge >= 0.3 is 0 Å². The van der Waals surface area contributed by atoms with Gasteiger partial charge < -0.3 is 14.7 Å². The number of halogens is 1. The number of furan rings is 1. The van der Waals surface area contributed by atoms with Gasteiger partial charge in [0.25, 0.3) is 11.5 Å². The minimum absolute atomic E-state index is 0.0352. The van der Waals surface area contributed by atoms with Gasteiger partial charge in [0, 0.05) is 18.7 Å². The van der Waals surface area contributed by atoms with Crippen molar-refractivity contribution >= 4 is 5.91 Å². The average molecular weight is 355 g/mol. The third-order valence-corrected chi connectivity index (χ3v) is 4.05. The molecule has 1 aromatic carbocycles. The Bertz CT molecular complexity index is 933. The molecule has 1 atom stereocenters. The van der Waals surface area contributed by atoms with Crippen molar-refractivity contribution in [1.82, 2.24) is 15.3 Å². The first-order chi connectivity index (χ1) is 12.5. The molecular formula is C19H18FN3O3. The van der Waals surface area contributed by atoms with Crippen LogP contribution in [0.1, 0.15) is 39.8 Å². The minimum atomic E-state index is -0.490. The second-order valence-corrected chi connectivity index (χ2v) is 5.88. The summed E-state index contributed by atoms with van der Waals surface area (Å²) in [4.78, 5) is 30.4. The number of amides is 1. The first-order valence-electron chi connectivity index (χ1n) is 8.17. The molecule has 0 spiro atoms. The van der Waals surface area contributed by atoms with Gasteiger partial charge in [-0.05, 0) is 43.2 Å². The smallest absolute Gasteiger partial charge is 0.263 e. The normalized spacial score (nSPS) is 11.9. The molecule has 2 N–H and O–H groups in total. The maximum absolute atomic E-state index is 13.2. The number of carbonyl (C=O) groups is 1. The molecule has 0 saturated heterocycles. The predicted octanol–water partition coefficient (Wildman–Crippen LogP) is 2.76. The van der Waals surface area contributed by atoms with Gasteiger partial charge in [-0.3, -0.25) is 9.59 Å². The zero-order valence-electron chi connectivity index (χ0n) is 14.2. The number of nitrogens with zero attached hydrogens (tertiary/aromatic N) is 1. The number of hydrogen-bond donors (Lipinski definition) is 2. The van der Waals surface area contributed by atoms with Crippen molar-refractivity contribution in [2.45, 2.75) is 19.3 Å². The zero-order valence-corrected chi connectivity index (χ0v) is 14.2. The molecule has 0 fully saturated rings. The Balaban J connectivity index is 1.69. The number of aromatic amines is 1. The van der Waals surface area contributed by atoms with Crippen LogP contribution in [0.4, 0.5) is 4.39 Å². The largest absolute Gasteiger partial charge is 0.469 e. The molecular weight excluding hydrogens is 337 g/mol. The highest BCUT2D eigenvalue weighted by atomic mass is 19.1. The van der Waals surface area contributed by atoms with E-state index in [4.69, 9.17) is 4.42 Å². The van der Waals surface area contributed by atoms with Crippen LogP contribution in [0.5, 0.6) is 0 Å². The minimum Gasteiger partial charge on any atom is -0.469 e. The Kier molecular flexibility index (Phi) is 5.26. The molecule has 7 heteroatoms. The lowest BCUT2D eigenvalue weighted by Crippen LogP contribution is -2.31. The number of benzene rings is 1. The van der Waals surface area contributed by atoms with E-state index in [-0.39, 0.29) is 17.3 Å². The van der Waals surface area contributed by atoms with Crippen molar-refractivity contribution in [2.75, 3.05) is 6.54 Å². The van der Waals surface area contributed by atoms with E-state index in [2.05, 4.69) is 15.3 Å². The first-order valence-corrected chi connectivity index (χ1v) is 8.17. The fourth-order valence-corrected chi connectivity index (χ4v) is 2.73. The van der Waals surface area contributed by atoms with Crippen LogP contribution in [0.2, 0.25) is 0 Å². The van der Waals surface area contributed by atoms with Gasteiger partial charge in [-0.15, -0.1) is 0 Å². The molecule has 26 heavy (non-hydrogen) atoms. The summed E-state index contributed by atoms with van der Waals surface area (Å²) < 4.78 is 18.7. The van der Waals surface area contributed by atoms with Gasteiger partial charge in [0.05, 0.1) is 6.26 Å². The van der Waals surface area contributed by atoms with E-state index in [9.17, 15) is 14.0 Å². The summed E-state index contributed by atoms with van der Waals surface area (Å²) in [5.41, 5.74) is 0.369. The molecule has 0 aliphatic carbocycles. The number of nitrogens with one attached hydrogen (secondary N) is 2. The second-order valence-electron chi connectivity index (χ2n) is 5.88. The Morgan fingerprint density at radius 3 is 2.73 bits per heavy atom. The van der Waals surface area contributed by atoms with E-state index in [1.165, 1.54) is 18.3 Å². The quantitative estimate of drug-likeness (QED) is 0.712. The molecule has 0 bridgehead atoms. The molecule has 0 aliphatic rings. The highest BCUT2D eigenvalue weighted by molar-refractivity contribution is 5.93. The lowest BCUT2D eigenvalue weighted by molar-refractivity contribution is 0.0950. The lowest BCUT2D eigenvalue weighted by atomic mass is 9.93. The third kappa shape index (κ3) is 4.05. The van der Waals surface area contributed by atoms with Crippen molar-refractivity contribution in [1.29, 1.82) is 0 Å². The lowest BCUT2D eigenvalue weighted by Gasteiger charge is -2.15. The van der Waals surface area contributed by atoms with Crippen molar-refractivity contribution in [3.63, 3.8) is 0 Å². The van der Waals surface area contributed by atoms with Crippen LogP contribution in [0.3, 0.4) is 0 Å². The van der Waals surface area contributed by atoms with Gasteiger partial charge in [0.15, 0.2) is 0 Å². The fraction of sp³-hybridized carbons (Fsp3) is 0.211. The van der Waals surface area contributed by atoms with Gasteiger partial charge in [-0.1, -0.05) is 12.1 Å². The Morgan fingerprint density at radius 1 is 1.31 bits per heavy atom. The van der Waals surface area contributed by atoms with Crippen molar-refractivity contribution in [3.05, 3.63) is 87.7 Å². The molecule has 1 amide bonds. The molecule has 3 aromatic rings. The van der Waals surface area contributed by atoms with Crippen molar-refractivity contribution < 1.29 is 13.6 Å². The monoisotopic (exact) mass is 355 g/mol. The van der Waals surface area contributed by atoms with Gasteiger partial charge in [0.1, 0.15) is 23.0 Å². The first kappa shape index (κ1) is 17.6. The molecule has 0 aliphatic heterocycles. The summed E-state index contributed by atoms with van der Waals surface area (Å²) in [5, 5.41) is 2.72. The van der Waals surface area contributed by atoms with E-state index in [0.717, 1.165) is 11.3 Å². The maximum atomic E-state index is 13.2. The SMILES string of the molecule is Cc1ncc(C(=O)NCCC(c2ccc(F)cc2)c2ccco2)c(=O)[nH]1. The highest BCUT2D eigenvalue weighted by Gasteiger charge is 2.18. The Labute approximate surface area is 149 Å². The van der Waals surface area contributed by atoms with Crippen LogP contribution in [0.25, 0.3) is 0 Å². The van der Waals surface area contributed by atoms with E-state index in [1.54, 1.807) is 31.4 Å². The zero-order chi connectivity index (χ0) is 18.5. The van der Waals surface area contributed by atoms with Crippen LogP contribution in [0, 0.1) is 12.7 Å². The molecule has 1 unspecified atom stereocenters. The number of rotatable bonds is 6. The number of aryl methyl sites for hydroxylation is 1. The van der Waals surface area contributed by atoms with Gasteiger partial charge in [0.2, 0.25) is 0 Å². The van der Waals surface area contributed by atoms with Crippen LogP contribution in [-0.2, 0) is 0 Å². The van der Waals surface area contributed by atoms with E-state index < -0.39 is 11.5 Å². The summed E-state index contributed by atoms with van der Waals surface area (Å²) in [6.07, 6.45) is 3.36. The van der Waals surface area contributed by atoms with Gasteiger partial charge in [-0.2, -0.15) is 0 Å².